The molecule has 3 aromatic rings. The number of hydrogen-bond donors (Lipinski definition) is 1. The number of nitrogens with one attached hydrogen (secondary N) is 1. The summed E-state index contributed by atoms with van der Waals surface area (Å²) in [7, 11) is -4.25. The van der Waals surface area contributed by atoms with E-state index in [4.69, 9.17) is 23.2 Å². The Hall–Kier alpha value is -3.07. The zero-order valence-corrected chi connectivity index (χ0v) is 26.2. The van der Waals surface area contributed by atoms with Crippen LogP contribution in [0, 0.1) is 13.8 Å². The molecule has 0 unspecified atom stereocenters. The summed E-state index contributed by atoms with van der Waals surface area (Å²) >= 11 is 12.7. The van der Waals surface area contributed by atoms with Gasteiger partial charge in [0, 0.05) is 18.1 Å². The van der Waals surface area contributed by atoms with Gasteiger partial charge in [0.1, 0.15) is 12.6 Å². The van der Waals surface area contributed by atoms with Crippen LogP contribution in [0.4, 0.5) is 5.69 Å². The van der Waals surface area contributed by atoms with Crippen LogP contribution >= 0.6 is 23.2 Å². The molecule has 0 aliphatic carbocycles. The summed E-state index contributed by atoms with van der Waals surface area (Å²) in [5.41, 5.74) is 2.83. The summed E-state index contributed by atoms with van der Waals surface area (Å²) in [6.45, 7) is 7.71. The molecule has 0 fully saturated rings. The van der Waals surface area contributed by atoms with Gasteiger partial charge in [-0.15, -0.1) is 0 Å². The summed E-state index contributed by atoms with van der Waals surface area (Å²) in [6.07, 6.45) is 2.07. The Balaban J connectivity index is 2.07. The summed E-state index contributed by atoms with van der Waals surface area (Å²) in [5.74, 6) is -0.829. The molecule has 0 aromatic heterocycles. The quantitative estimate of drug-likeness (QED) is 0.221. The molecule has 220 valence electrons. The van der Waals surface area contributed by atoms with Crippen molar-refractivity contribution >= 4 is 50.7 Å². The first-order valence-electron chi connectivity index (χ1n) is 13.6. The molecule has 1 atom stereocenters. The van der Waals surface area contributed by atoms with E-state index in [1.165, 1.54) is 29.2 Å². The van der Waals surface area contributed by atoms with Crippen LogP contribution in [0.25, 0.3) is 0 Å². The van der Waals surface area contributed by atoms with Gasteiger partial charge >= 0.3 is 0 Å². The smallest absolute Gasteiger partial charge is 0.264 e. The summed E-state index contributed by atoms with van der Waals surface area (Å²) in [5, 5.41) is 3.31. The first-order chi connectivity index (χ1) is 19.5. The van der Waals surface area contributed by atoms with Crippen molar-refractivity contribution in [2.45, 2.75) is 64.4 Å². The molecule has 0 saturated heterocycles. The predicted octanol–water partition coefficient (Wildman–Crippen LogP) is 6.53. The third-order valence-electron chi connectivity index (χ3n) is 6.75. The number of carbonyl (C=O) groups excluding carboxylic acids is 2. The minimum Gasteiger partial charge on any atom is -0.354 e. The van der Waals surface area contributed by atoms with Gasteiger partial charge in [0.25, 0.3) is 10.0 Å². The van der Waals surface area contributed by atoms with Gasteiger partial charge in [0.2, 0.25) is 11.8 Å². The topological polar surface area (TPSA) is 86.8 Å². The highest BCUT2D eigenvalue weighted by Crippen LogP contribution is 2.33. The van der Waals surface area contributed by atoms with Crippen LogP contribution in [-0.2, 0) is 26.2 Å². The summed E-state index contributed by atoms with van der Waals surface area (Å²) in [4.78, 5) is 28.8. The number of anilines is 1. The molecular formula is C31H37Cl2N3O4S. The van der Waals surface area contributed by atoms with E-state index in [0.29, 0.717) is 13.0 Å². The van der Waals surface area contributed by atoms with Gasteiger partial charge in [-0.25, -0.2) is 8.42 Å². The Morgan fingerprint density at radius 1 is 0.902 bits per heavy atom. The Labute approximate surface area is 253 Å². The molecule has 0 saturated carbocycles. The molecule has 10 heteroatoms. The van der Waals surface area contributed by atoms with Crippen molar-refractivity contribution in [1.29, 1.82) is 0 Å². The lowest BCUT2D eigenvalue weighted by Crippen LogP contribution is -2.52. The molecule has 1 N–H and O–H groups in total. The van der Waals surface area contributed by atoms with Gasteiger partial charge in [0.05, 0.1) is 15.6 Å². The highest BCUT2D eigenvalue weighted by atomic mass is 35.5. The lowest BCUT2D eigenvalue weighted by atomic mass is 10.1. The van der Waals surface area contributed by atoms with Crippen LogP contribution < -0.4 is 9.62 Å². The first kappa shape index (κ1) is 32.4. The van der Waals surface area contributed by atoms with Crippen molar-refractivity contribution < 1.29 is 18.0 Å². The van der Waals surface area contributed by atoms with E-state index in [-0.39, 0.29) is 33.1 Å². The van der Waals surface area contributed by atoms with Crippen LogP contribution in [0.5, 0.6) is 0 Å². The van der Waals surface area contributed by atoms with E-state index in [0.717, 1.165) is 33.8 Å². The van der Waals surface area contributed by atoms with E-state index < -0.39 is 28.5 Å². The zero-order chi connectivity index (χ0) is 30.2. The van der Waals surface area contributed by atoms with Gasteiger partial charge in [-0.1, -0.05) is 91.0 Å². The molecular weight excluding hydrogens is 581 g/mol. The summed E-state index contributed by atoms with van der Waals surface area (Å²) < 4.78 is 28.9. The fourth-order valence-corrected chi connectivity index (χ4v) is 6.20. The minimum atomic E-state index is -4.25. The summed E-state index contributed by atoms with van der Waals surface area (Å²) in [6, 6.07) is 17.6. The second-order valence-electron chi connectivity index (χ2n) is 10.00. The van der Waals surface area contributed by atoms with E-state index in [1.807, 2.05) is 52.0 Å². The van der Waals surface area contributed by atoms with Gasteiger partial charge in [0.15, 0.2) is 0 Å². The Morgan fingerprint density at radius 3 is 2.10 bits per heavy atom. The first-order valence-corrected chi connectivity index (χ1v) is 15.8. The van der Waals surface area contributed by atoms with Crippen molar-refractivity contribution in [3.05, 3.63) is 93.5 Å². The molecule has 0 radical (unpaired) electrons. The lowest BCUT2D eigenvalue weighted by molar-refractivity contribution is -0.140. The molecule has 41 heavy (non-hydrogen) atoms. The van der Waals surface area contributed by atoms with Crippen LogP contribution in [-0.4, -0.2) is 44.3 Å². The van der Waals surface area contributed by atoms with Crippen molar-refractivity contribution in [3.8, 4) is 0 Å². The van der Waals surface area contributed by atoms with Crippen molar-refractivity contribution in [2.24, 2.45) is 0 Å². The number of rotatable bonds is 13. The van der Waals surface area contributed by atoms with E-state index in [2.05, 4.69) is 5.32 Å². The molecule has 0 spiro atoms. The number of nitrogens with zero attached hydrogens (tertiary/aromatic N) is 2. The molecule has 2 amide bonds. The maximum atomic E-state index is 14.1. The molecule has 0 aliphatic heterocycles. The lowest BCUT2D eigenvalue weighted by Gasteiger charge is -2.33. The molecule has 3 rings (SSSR count). The Kier molecular flexibility index (Phi) is 11.6. The largest absolute Gasteiger partial charge is 0.354 e. The highest BCUT2D eigenvalue weighted by molar-refractivity contribution is 7.92. The zero-order valence-electron chi connectivity index (χ0n) is 23.9. The number of carbonyl (C=O) groups is 2. The maximum Gasteiger partial charge on any atom is 0.264 e. The predicted molar refractivity (Wildman–Crippen MR) is 166 cm³/mol. The number of aryl methyl sites for hydroxylation is 2. The molecule has 0 bridgehead atoms. The third kappa shape index (κ3) is 8.47. The number of hydrogen-bond acceptors (Lipinski definition) is 4. The van der Waals surface area contributed by atoms with Crippen LogP contribution in [0.15, 0.2) is 71.6 Å². The van der Waals surface area contributed by atoms with E-state index >= 15 is 0 Å². The normalized spacial score (nSPS) is 12.0. The number of halogens is 2. The van der Waals surface area contributed by atoms with Crippen LogP contribution in [0.2, 0.25) is 10.0 Å². The van der Waals surface area contributed by atoms with Crippen molar-refractivity contribution in [3.63, 3.8) is 0 Å². The van der Waals surface area contributed by atoms with Crippen LogP contribution in [0.3, 0.4) is 0 Å². The maximum absolute atomic E-state index is 14.1. The second kappa shape index (κ2) is 14.7. The number of amides is 2. The van der Waals surface area contributed by atoms with E-state index in [1.54, 1.807) is 18.2 Å². The van der Waals surface area contributed by atoms with E-state index in [9.17, 15) is 18.0 Å². The average molecular weight is 619 g/mol. The van der Waals surface area contributed by atoms with Gasteiger partial charge in [-0.05, 0) is 62.6 Å². The minimum absolute atomic E-state index is 0.00127. The van der Waals surface area contributed by atoms with Crippen molar-refractivity contribution in [1.82, 2.24) is 10.2 Å². The monoisotopic (exact) mass is 617 g/mol. The second-order valence-corrected chi connectivity index (χ2v) is 12.7. The van der Waals surface area contributed by atoms with Gasteiger partial charge < -0.3 is 10.2 Å². The Morgan fingerprint density at radius 2 is 1.51 bits per heavy atom. The molecule has 0 heterocycles. The standard InChI is InChI=1S/C31H37Cl2N3O4S/c1-5-7-18-34-31(38)28(6-2)35(20-24-12-8-22(3)9-13-24)30(37)21-36(29-19-25(32)14-17-27(29)33)41(39,40)26-15-10-23(4)11-16-26/h8-17,19,28H,5-7,18,20-21H2,1-4H3,(H,34,38)/t28-/m0/s1. The SMILES string of the molecule is CCCCNC(=O)[C@H](CC)N(Cc1ccc(C)cc1)C(=O)CN(c1cc(Cl)ccc1Cl)S(=O)(=O)c1ccc(C)cc1. The number of sulfonamides is 1. The molecule has 0 aliphatic rings. The highest BCUT2D eigenvalue weighted by Gasteiger charge is 2.34. The van der Waals surface area contributed by atoms with Gasteiger partial charge in [-0.3, -0.25) is 13.9 Å². The molecule has 7 nitrogen and oxygen atoms in total. The molecule has 3 aromatic carbocycles. The fourth-order valence-electron chi connectivity index (χ4n) is 4.34. The van der Waals surface area contributed by atoms with Crippen molar-refractivity contribution in [2.75, 3.05) is 17.4 Å². The average Bonchev–Trinajstić information content (AvgIpc) is 2.94. The number of benzene rings is 3. The Bertz CT molecular complexity index is 1450. The fraction of sp³-hybridized carbons (Fsp3) is 0.355. The van der Waals surface area contributed by atoms with Gasteiger partial charge in [-0.2, -0.15) is 0 Å². The number of unbranched alkanes of at least 4 members (excludes halogenated alkanes) is 1. The third-order valence-corrected chi connectivity index (χ3v) is 9.08. The van der Waals surface area contributed by atoms with Crippen LogP contribution in [0.1, 0.15) is 49.8 Å².